The average molecular weight is 328 g/mol. The van der Waals surface area contributed by atoms with Crippen molar-refractivity contribution in [1.29, 1.82) is 0 Å². The molecule has 1 amide bonds. The van der Waals surface area contributed by atoms with Crippen LogP contribution in [0, 0.1) is 0 Å². The fourth-order valence-electron chi connectivity index (χ4n) is 2.74. The second kappa shape index (κ2) is 7.72. The van der Waals surface area contributed by atoms with E-state index in [0.717, 1.165) is 24.9 Å². The molecule has 0 N–H and O–H groups in total. The lowest BCUT2D eigenvalue weighted by Crippen LogP contribution is -2.45. The number of hydrogen-bond acceptors (Lipinski definition) is 6. The van der Waals surface area contributed by atoms with Crippen LogP contribution in [0.5, 0.6) is 11.8 Å². The number of amides is 1. The van der Waals surface area contributed by atoms with E-state index >= 15 is 0 Å². The van der Waals surface area contributed by atoms with Gasteiger partial charge in [-0.05, 0) is 24.5 Å². The van der Waals surface area contributed by atoms with Gasteiger partial charge in [-0.25, -0.2) is 9.97 Å². The second-order valence-corrected chi connectivity index (χ2v) is 5.63. The molecule has 0 aliphatic carbocycles. The third kappa shape index (κ3) is 3.98. The van der Waals surface area contributed by atoms with Gasteiger partial charge in [-0.3, -0.25) is 9.78 Å². The van der Waals surface area contributed by atoms with Gasteiger partial charge in [0.15, 0.2) is 0 Å². The van der Waals surface area contributed by atoms with Crippen molar-refractivity contribution in [2.45, 2.75) is 25.4 Å². The predicted octanol–water partition coefficient (Wildman–Crippen LogP) is 1.49. The summed E-state index contributed by atoms with van der Waals surface area (Å²) in [6, 6.07) is 3.75. The van der Waals surface area contributed by atoms with Crippen LogP contribution in [0.25, 0.3) is 0 Å². The summed E-state index contributed by atoms with van der Waals surface area (Å²) in [6.07, 6.45) is 8.55. The van der Waals surface area contributed by atoms with E-state index in [4.69, 9.17) is 9.47 Å². The summed E-state index contributed by atoms with van der Waals surface area (Å²) in [5.74, 6) is 0.810. The van der Waals surface area contributed by atoms with Crippen LogP contribution in [-0.4, -0.2) is 52.1 Å². The van der Waals surface area contributed by atoms with Crippen LogP contribution in [0.3, 0.4) is 0 Å². The van der Waals surface area contributed by atoms with E-state index in [1.54, 1.807) is 24.8 Å². The van der Waals surface area contributed by atoms with Gasteiger partial charge in [0.1, 0.15) is 6.10 Å². The van der Waals surface area contributed by atoms with Crippen molar-refractivity contribution in [3.8, 4) is 11.8 Å². The zero-order valence-corrected chi connectivity index (χ0v) is 13.6. The molecule has 2 aromatic heterocycles. The molecule has 0 spiro atoms. The molecular formula is C17H20N4O3. The van der Waals surface area contributed by atoms with Crippen molar-refractivity contribution in [3.63, 3.8) is 0 Å². The first kappa shape index (κ1) is 16.2. The molecule has 1 aliphatic heterocycles. The summed E-state index contributed by atoms with van der Waals surface area (Å²) in [7, 11) is 1.53. The number of piperidine rings is 1. The minimum Gasteiger partial charge on any atom is -0.477 e. The highest BCUT2D eigenvalue weighted by Crippen LogP contribution is 2.24. The van der Waals surface area contributed by atoms with Gasteiger partial charge < -0.3 is 14.4 Å². The molecule has 3 heterocycles. The van der Waals surface area contributed by atoms with Gasteiger partial charge in [0.2, 0.25) is 5.91 Å². The third-order valence-corrected chi connectivity index (χ3v) is 3.91. The zero-order chi connectivity index (χ0) is 16.8. The number of nitrogens with zero attached hydrogens (tertiary/aromatic N) is 4. The molecule has 0 unspecified atom stereocenters. The number of carbonyl (C=O) groups is 1. The van der Waals surface area contributed by atoms with E-state index in [1.807, 2.05) is 17.0 Å². The molecule has 2 aromatic rings. The van der Waals surface area contributed by atoms with Crippen molar-refractivity contribution in [2.24, 2.45) is 0 Å². The SMILES string of the molecule is COc1nccnc1O[C@H]1CCCN(C(=O)Cc2cccnc2)C1. The summed E-state index contributed by atoms with van der Waals surface area (Å²) in [4.78, 5) is 26.6. The number of ether oxygens (including phenoxy) is 2. The number of likely N-dealkylation sites (tertiary alicyclic amines) is 1. The number of aromatic nitrogens is 3. The molecule has 3 rings (SSSR count). The molecule has 1 fully saturated rings. The van der Waals surface area contributed by atoms with Crippen LogP contribution < -0.4 is 9.47 Å². The number of carbonyl (C=O) groups excluding carboxylic acids is 1. The Balaban J connectivity index is 1.61. The predicted molar refractivity (Wildman–Crippen MR) is 86.8 cm³/mol. The topological polar surface area (TPSA) is 77.4 Å². The van der Waals surface area contributed by atoms with Crippen LogP contribution in [-0.2, 0) is 11.2 Å². The maximum Gasteiger partial charge on any atom is 0.278 e. The fourth-order valence-corrected chi connectivity index (χ4v) is 2.74. The Hall–Kier alpha value is -2.70. The first-order valence-electron chi connectivity index (χ1n) is 7.94. The number of pyridine rings is 1. The van der Waals surface area contributed by atoms with Gasteiger partial charge in [-0.15, -0.1) is 0 Å². The van der Waals surface area contributed by atoms with Gasteiger partial charge in [0.25, 0.3) is 11.8 Å². The highest BCUT2D eigenvalue weighted by molar-refractivity contribution is 5.78. The van der Waals surface area contributed by atoms with Crippen LogP contribution in [0.15, 0.2) is 36.9 Å². The molecular weight excluding hydrogens is 308 g/mol. The monoisotopic (exact) mass is 328 g/mol. The van der Waals surface area contributed by atoms with Crippen LogP contribution in [0.1, 0.15) is 18.4 Å². The van der Waals surface area contributed by atoms with Crippen LogP contribution >= 0.6 is 0 Å². The van der Waals surface area contributed by atoms with Crippen molar-refractivity contribution in [2.75, 3.05) is 20.2 Å². The van der Waals surface area contributed by atoms with Crippen molar-refractivity contribution in [1.82, 2.24) is 19.9 Å². The average Bonchev–Trinajstić information content (AvgIpc) is 2.63. The summed E-state index contributed by atoms with van der Waals surface area (Å²) in [5, 5.41) is 0. The van der Waals surface area contributed by atoms with E-state index in [0.29, 0.717) is 24.7 Å². The van der Waals surface area contributed by atoms with Gasteiger partial charge in [0.05, 0.1) is 20.1 Å². The van der Waals surface area contributed by atoms with E-state index in [2.05, 4.69) is 15.0 Å². The summed E-state index contributed by atoms with van der Waals surface area (Å²) in [6.45, 7) is 1.29. The summed E-state index contributed by atoms with van der Waals surface area (Å²) >= 11 is 0. The maximum atomic E-state index is 12.5. The highest BCUT2D eigenvalue weighted by atomic mass is 16.5. The fraction of sp³-hybridized carbons (Fsp3) is 0.412. The lowest BCUT2D eigenvalue weighted by molar-refractivity contribution is -0.133. The van der Waals surface area contributed by atoms with E-state index < -0.39 is 0 Å². The van der Waals surface area contributed by atoms with E-state index in [9.17, 15) is 4.79 Å². The quantitative estimate of drug-likeness (QED) is 0.827. The molecule has 0 saturated carbocycles. The maximum absolute atomic E-state index is 12.5. The molecule has 0 bridgehead atoms. The van der Waals surface area contributed by atoms with Crippen molar-refractivity contribution >= 4 is 5.91 Å². The van der Waals surface area contributed by atoms with Gasteiger partial charge >= 0.3 is 0 Å². The Kier molecular flexibility index (Phi) is 5.20. The second-order valence-electron chi connectivity index (χ2n) is 5.63. The van der Waals surface area contributed by atoms with Gasteiger partial charge in [-0.2, -0.15) is 0 Å². The largest absolute Gasteiger partial charge is 0.477 e. The van der Waals surface area contributed by atoms with Gasteiger partial charge in [0, 0.05) is 31.3 Å². The first-order valence-corrected chi connectivity index (χ1v) is 7.94. The first-order chi connectivity index (χ1) is 11.8. The molecule has 126 valence electrons. The Labute approximate surface area is 140 Å². The summed E-state index contributed by atoms with van der Waals surface area (Å²) < 4.78 is 11.1. The molecule has 0 aromatic carbocycles. The standard InChI is InChI=1S/C17H20N4O3/c1-23-16-17(20-8-7-19-16)24-14-5-3-9-21(12-14)15(22)10-13-4-2-6-18-11-13/h2,4,6-8,11,14H,3,5,9-10,12H2,1H3/t14-/m0/s1. The molecule has 24 heavy (non-hydrogen) atoms. The van der Waals surface area contributed by atoms with Gasteiger partial charge in [-0.1, -0.05) is 6.07 Å². The van der Waals surface area contributed by atoms with Crippen molar-refractivity contribution in [3.05, 3.63) is 42.5 Å². The van der Waals surface area contributed by atoms with E-state index in [-0.39, 0.29) is 12.0 Å². The minimum absolute atomic E-state index is 0.0856. The number of hydrogen-bond donors (Lipinski definition) is 0. The molecule has 7 nitrogen and oxygen atoms in total. The molecule has 1 saturated heterocycles. The lowest BCUT2D eigenvalue weighted by Gasteiger charge is -2.32. The smallest absolute Gasteiger partial charge is 0.278 e. The normalized spacial score (nSPS) is 17.4. The summed E-state index contributed by atoms with van der Waals surface area (Å²) in [5.41, 5.74) is 0.918. The Morgan fingerprint density at radius 2 is 2.12 bits per heavy atom. The Morgan fingerprint density at radius 3 is 2.88 bits per heavy atom. The van der Waals surface area contributed by atoms with Crippen LogP contribution in [0.2, 0.25) is 0 Å². The van der Waals surface area contributed by atoms with Crippen LogP contribution in [0.4, 0.5) is 0 Å². The molecule has 0 radical (unpaired) electrons. The third-order valence-electron chi connectivity index (χ3n) is 3.91. The minimum atomic E-state index is -0.109. The van der Waals surface area contributed by atoms with E-state index in [1.165, 1.54) is 7.11 Å². The van der Waals surface area contributed by atoms with Crippen molar-refractivity contribution < 1.29 is 14.3 Å². The number of methoxy groups -OCH3 is 1. The Morgan fingerprint density at radius 1 is 1.29 bits per heavy atom. The molecule has 7 heteroatoms. The molecule has 1 aliphatic rings. The lowest BCUT2D eigenvalue weighted by atomic mass is 10.1. The Bertz CT molecular complexity index is 681. The highest BCUT2D eigenvalue weighted by Gasteiger charge is 2.26. The number of rotatable bonds is 5. The molecule has 1 atom stereocenters. The zero-order valence-electron chi connectivity index (χ0n) is 13.6.